The highest BCUT2D eigenvalue weighted by Crippen LogP contribution is 2.34. The first-order valence-electron chi connectivity index (χ1n) is 7.22. The molecular weight excluding hydrogens is 242 g/mol. The number of hydrogen-bond donors (Lipinski definition) is 0. The highest BCUT2D eigenvalue weighted by atomic mass is 14.7. The van der Waals surface area contributed by atoms with Gasteiger partial charge in [-0.25, -0.2) is 0 Å². The summed E-state index contributed by atoms with van der Waals surface area (Å²) in [4.78, 5) is 4.66. The van der Waals surface area contributed by atoms with Crippen molar-refractivity contribution in [1.29, 1.82) is 0 Å². The number of nitrogens with zero attached hydrogens (tertiary/aromatic N) is 1. The number of hydrogen-bond acceptors (Lipinski definition) is 1. The van der Waals surface area contributed by atoms with Gasteiger partial charge in [-0.1, -0.05) is 54.6 Å². The Balaban J connectivity index is 2.08. The normalized spacial score (nSPS) is 18.6. The highest BCUT2D eigenvalue weighted by Gasteiger charge is 2.18. The van der Waals surface area contributed by atoms with E-state index in [-0.39, 0.29) is 0 Å². The van der Waals surface area contributed by atoms with Crippen LogP contribution < -0.4 is 0 Å². The third-order valence-electron chi connectivity index (χ3n) is 3.88. The van der Waals surface area contributed by atoms with Crippen LogP contribution >= 0.6 is 0 Å². The maximum absolute atomic E-state index is 4.66. The predicted molar refractivity (Wildman–Crippen MR) is 86.4 cm³/mol. The van der Waals surface area contributed by atoms with E-state index < -0.39 is 0 Å². The van der Waals surface area contributed by atoms with E-state index in [0.717, 1.165) is 18.5 Å². The van der Waals surface area contributed by atoms with Crippen LogP contribution in [0, 0.1) is 5.92 Å². The molecule has 0 radical (unpaired) electrons. The Kier molecular flexibility index (Phi) is 3.78. The molecule has 0 N–H and O–H groups in total. The molecule has 2 aromatic rings. The Hall–Kier alpha value is -2.15. The van der Waals surface area contributed by atoms with Crippen LogP contribution in [-0.2, 0) is 0 Å². The first-order chi connectivity index (χ1) is 9.90. The van der Waals surface area contributed by atoms with Gasteiger partial charge in [-0.15, -0.1) is 0 Å². The van der Waals surface area contributed by atoms with Crippen LogP contribution in [0.5, 0.6) is 0 Å². The molecule has 1 aromatic heterocycles. The Morgan fingerprint density at radius 1 is 1.25 bits per heavy atom. The van der Waals surface area contributed by atoms with Gasteiger partial charge >= 0.3 is 0 Å². The number of allylic oxidation sites excluding steroid dienone is 6. The van der Waals surface area contributed by atoms with Crippen molar-refractivity contribution in [3.8, 4) is 0 Å². The van der Waals surface area contributed by atoms with Crippen LogP contribution in [-0.4, -0.2) is 4.98 Å². The summed E-state index contributed by atoms with van der Waals surface area (Å²) in [5.74, 6) is 0.537. The van der Waals surface area contributed by atoms with Crippen molar-refractivity contribution in [2.45, 2.75) is 19.8 Å². The van der Waals surface area contributed by atoms with E-state index in [1.807, 2.05) is 6.20 Å². The second-order valence-electron chi connectivity index (χ2n) is 5.17. The summed E-state index contributed by atoms with van der Waals surface area (Å²) in [6.45, 7) is 2.08. The van der Waals surface area contributed by atoms with E-state index in [9.17, 15) is 0 Å². The fourth-order valence-electron chi connectivity index (χ4n) is 2.82. The molecule has 1 atom stereocenters. The molecule has 3 rings (SSSR count). The van der Waals surface area contributed by atoms with Crippen molar-refractivity contribution in [3.63, 3.8) is 0 Å². The summed E-state index contributed by atoms with van der Waals surface area (Å²) in [5.41, 5.74) is 2.50. The zero-order valence-electron chi connectivity index (χ0n) is 11.8. The Bertz CT molecular complexity index is 686. The summed E-state index contributed by atoms with van der Waals surface area (Å²) in [7, 11) is 0. The quantitative estimate of drug-likeness (QED) is 0.695. The largest absolute Gasteiger partial charge is 0.256 e. The molecule has 0 aliphatic heterocycles. The molecule has 1 aromatic carbocycles. The first kappa shape index (κ1) is 12.9. The van der Waals surface area contributed by atoms with Gasteiger partial charge in [0.2, 0.25) is 0 Å². The van der Waals surface area contributed by atoms with Crippen LogP contribution in [0.15, 0.2) is 66.9 Å². The van der Waals surface area contributed by atoms with E-state index in [2.05, 4.69) is 72.6 Å². The van der Waals surface area contributed by atoms with Crippen molar-refractivity contribution in [1.82, 2.24) is 4.98 Å². The lowest BCUT2D eigenvalue weighted by Gasteiger charge is -2.21. The third kappa shape index (κ3) is 2.44. The molecule has 0 saturated heterocycles. The molecule has 0 fully saturated rings. The van der Waals surface area contributed by atoms with Crippen LogP contribution in [0.3, 0.4) is 0 Å². The lowest BCUT2D eigenvalue weighted by Crippen LogP contribution is -2.06. The molecular formula is C19H19N. The molecule has 20 heavy (non-hydrogen) atoms. The number of benzene rings is 1. The van der Waals surface area contributed by atoms with Gasteiger partial charge in [-0.05, 0) is 42.7 Å². The van der Waals surface area contributed by atoms with Gasteiger partial charge in [0, 0.05) is 11.6 Å². The SMILES string of the molecule is CC=CCC1CC=CC=C1c1nccc2ccccc12. The second kappa shape index (κ2) is 5.87. The number of fused-ring (bicyclic) bond motifs is 1. The van der Waals surface area contributed by atoms with Crippen molar-refractivity contribution in [2.24, 2.45) is 5.92 Å². The molecule has 0 amide bonds. The summed E-state index contributed by atoms with van der Waals surface area (Å²) in [6.07, 6.45) is 15.1. The van der Waals surface area contributed by atoms with Crippen molar-refractivity contribution in [3.05, 3.63) is 72.6 Å². The third-order valence-corrected chi connectivity index (χ3v) is 3.88. The highest BCUT2D eigenvalue weighted by molar-refractivity contribution is 5.92. The second-order valence-corrected chi connectivity index (χ2v) is 5.17. The van der Waals surface area contributed by atoms with Crippen LogP contribution in [0.25, 0.3) is 16.3 Å². The topological polar surface area (TPSA) is 12.9 Å². The lowest BCUT2D eigenvalue weighted by atomic mass is 9.85. The molecule has 1 nitrogen and oxygen atoms in total. The molecule has 0 bridgehead atoms. The van der Waals surface area contributed by atoms with Gasteiger partial charge < -0.3 is 0 Å². The lowest BCUT2D eigenvalue weighted by molar-refractivity contribution is 0.686. The average Bonchev–Trinajstić information content (AvgIpc) is 2.53. The van der Waals surface area contributed by atoms with E-state index in [4.69, 9.17) is 0 Å². The Labute approximate surface area is 120 Å². The number of pyridine rings is 1. The molecule has 1 aliphatic carbocycles. The van der Waals surface area contributed by atoms with Crippen molar-refractivity contribution >= 4 is 16.3 Å². The molecule has 1 aliphatic rings. The first-order valence-corrected chi connectivity index (χ1v) is 7.22. The minimum atomic E-state index is 0.537. The fraction of sp³-hybridized carbons (Fsp3) is 0.211. The molecule has 100 valence electrons. The summed E-state index contributed by atoms with van der Waals surface area (Å²) < 4.78 is 0. The maximum atomic E-state index is 4.66. The van der Waals surface area contributed by atoms with E-state index in [1.54, 1.807) is 0 Å². The van der Waals surface area contributed by atoms with E-state index in [1.165, 1.54) is 16.3 Å². The van der Waals surface area contributed by atoms with Gasteiger partial charge in [-0.2, -0.15) is 0 Å². The molecule has 0 saturated carbocycles. The van der Waals surface area contributed by atoms with Gasteiger partial charge in [-0.3, -0.25) is 4.98 Å². The summed E-state index contributed by atoms with van der Waals surface area (Å²) >= 11 is 0. The van der Waals surface area contributed by atoms with Crippen LogP contribution in [0.4, 0.5) is 0 Å². The van der Waals surface area contributed by atoms with E-state index in [0.29, 0.717) is 5.92 Å². The molecule has 1 heterocycles. The summed E-state index contributed by atoms with van der Waals surface area (Å²) in [6, 6.07) is 10.6. The monoisotopic (exact) mass is 261 g/mol. The van der Waals surface area contributed by atoms with Crippen molar-refractivity contribution < 1.29 is 0 Å². The zero-order valence-corrected chi connectivity index (χ0v) is 11.8. The van der Waals surface area contributed by atoms with Crippen LogP contribution in [0.2, 0.25) is 0 Å². The zero-order chi connectivity index (χ0) is 13.8. The van der Waals surface area contributed by atoms with Crippen LogP contribution in [0.1, 0.15) is 25.5 Å². The van der Waals surface area contributed by atoms with Gasteiger partial charge in [0.25, 0.3) is 0 Å². The van der Waals surface area contributed by atoms with Crippen molar-refractivity contribution in [2.75, 3.05) is 0 Å². The average molecular weight is 261 g/mol. The number of aromatic nitrogens is 1. The molecule has 0 spiro atoms. The standard InChI is InChI=1S/C19H19N/c1-2-3-8-15-9-4-6-11-17(15)19-18-12-7-5-10-16(18)13-14-20-19/h2-7,10-15H,8-9H2,1H3. The minimum Gasteiger partial charge on any atom is -0.256 e. The smallest absolute Gasteiger partial charge is 0.0742 e. The fourth-order valence-corrected chi connectivity index (χ4v) is 2.82. The molecule has 1 unspecified atom stereocenters. The van der Waals surface area contributed by atoms with Gasteiger partial charge in [0.1, 0.15) is 0 Å². The van der Waals surface area contributed by atoms with E-state index >= 15 is 0 Å². The maximum Gasteiger partial charge on any atom is 0.0742 e. The number of rotatable bonds is 3. The molecule has 1 heteroatoms. The van der Waals surface area contributed by atoms with Gasteiger partial charge in [0.15, 0.2) is 0 Å². The van der Waals surface area contributed by atoms with Gasteiger partial charge in [0.05, 0.1) is 5.69 Å². The summed E-state index contributed by atoms with van der Waals surface area (Å²) in [5, 5.41) is 2.51. The Morgan fingerprint density at radius 3 is 3.05 bits per heavy atom. The Morgan fingerprint density at radius 2 is 2.15 bits per heavy atom. The predicted octanol–water partition coefficient (Wildman–Crippen LogP) is 5.16. The minimum absolute atomic E-state index is 0.537.